The number of rotatable bonds is 4. The van der Waals surface area contributed by atoms with Gasteiger partial charge in [0.1, 0.15) is 0 Å². The Hall–Kier alpha value is -2.55. The fraction of sp³-hybridized carbons (Fsp3) is 0.133. The van der Waals surface area contributed by atoms with Crippen LogP contribution in [0, 0.1) is 0 Å². The minimum Gasteiger partial charge on any atom is -0.326 e. The number of alkyl halides is 3. The predicted molar refractivity (Wildman–Crippen MR) is 83.0 cm³/mol. The number of amides is 1. The number of hydrogen-bond donors (Lipinski definition) is 2. The van der Waals surface area contributed by atoms with Gasteiger partial charge >= 0.3 is 6.18 Å². The zero-order valence-corrected chi connectivity index (χ0v) is 13.2. The van der Waals surface area contributed by atoms with Crippen LogP contribution in [0.5, 0.6) is 0 Å². The average Bonchev–Trinajstić information content (AvgIpc) is 2.45. The molecule has 0 fully saturated rings. The van der Waals surface area contributed by atoms with E-state index in [1.165, 1.54) is 37.3 Å². The molecule has 9 heteroatoms. The van der Waals surface area contributed by atoms with E-state index >= 15 is 0 Å². The van der Waals surface area contributed by atoms with Crippen molar-refractivity contribution in [1.82, 2.24) is 0 Å². The molecule has 2 rings (SSSR count). The molecule has 0 spiro atoms. The van der Waals surface area contributed by atoms with Gasteiger partial charge < -0.3 is 5.32 Å². The number of anilines is 2. The van der Waals surface area contributed by atoms with Gasteiger partial charge in [0.25, 0.3) is 10.0 Å². The third kappa shape index (κ3) is 4.25. The highest BCUT2D eigenvalue weighted by molar-refractivity contribution is 7.92. The Morgan fingerprint density at radius 1 is 1.00 bits per heavy atom. The molecular weight excluding hydrogens is 345 g/mol. The molecule has 1 amide bonds. The Kier molecular flexibility index (Phi) is 4.83. The maximum atomic E-state index is 13.0. The van der Waals surface area contributed by atoms with E-state index in [1.807, 2.05) is 0 Å². The molecule has 2 aromatic rings. The number of halogens is 3. The minimum atomic E-state index is -4.80. The molecule has 0 saturated carbocycles. The summed E-state index contributed by atoms with van der Waals surface area (Å²) in [6, 6.07) is 9.53. The van der Waals surface area contributed by atoms with Crippen molar-refractivity contribution in [3.05, 3.63) is 54.1 Å². The zero-order chi connectivity index (χ0) is 18.0. The van der Waals surface area contributed by atoms with Gasteiger partial charge in [-0.15, -0.1) is 0 Å². The third-order valence-electron chi connectivity index (χ3n) is 2.92. The van der Waals surface area contributed by atoms with Crippen LogP contribution in [-0.4, -0.2) is 14.3 Å². The van der Waals surface area contributed by atoms with E-state index in [0.29, 0.717) is 11.8 Å². The first-order valence-corrected chi connectivity index (χ1v) is 8.14. The van der Waals surface area contributed by atoms with Crippen LogP contribution in [0.15, 0.2) is 53.4 Å². The summed E-state index contributed by atoms with van der Waals surface area (Å²) in [7, 11) is -4.46. The van der Waals surface area contributed by atoms with Crippen LogP contribution < -0.4 is 10.0 Å². The van der Waals surface area contributed by atoms with E-state index < -0.39 is 26.7 Å². The molecule has 0 aliphatic rings. The highest BCUT2D eigenvalue weighted by Gasteiger charge is 2.36. The molecule has 5 nitrogen and oxygen atoms in total. The van der Waals surface area contributed by atoms with Gasteiger partial charge in [0.2, 0.25) is 5.91 Å². The summed E-state index contributed by atoms with van der Waals surface area (Å²) in [5, 5.41) is 2.45. The minimum absolute atomic E-state index is 0.0261. The van der Waals surface area contributed by atoms with Crippen LogP contribution in [0.25, 0.3) is 0 Å². The Labute approximate surface area is 136 Å². The molecule has 24 heavy (non-hydrogen) atoms. The highest BCUT2D eigenvalue weighted by atomic mass is 32.2. The molecule has 2 aromatic carbocycles. The summed E-state index contributed by atoms with van der Waals surface area (Å²) in [5.74, 6) is -0.363. The lowest BCUT2D eigenvalue weighted by atomic mass is 10.2. The van der Waals surface area contributed by atoms with Crippen molar-refractivity contribution >= 4 is 27.3 Å². The normalized spacial score (nSPS) is 11.8. The summed E-state index contributed by atoms with van der Waals surface area (Å²) >= 11 is 0. The van der Waals surface area contributed by atoms with E-state index in [0.717, 1.165) is 12.1 Å². The number of carbonyl (C=O) groups is 1. The second-order valence-electron chi connectivity index (χ2n) is 4.86. The smallest absolute Gasteiger partial charge is 0.326 e. The maximum Gasteiger partial charge on any atom is 0.417 e. The Bertz CT molecular complexity index is 864. The second kappa shape index (κ2) is 6.52. The lowest BCUT2D eigenvalue weighted by Gasteiger charge is -2.14. The maximum absolute atomic E-state index is 13.0. The van der Waals surface area contributed by atoms with Crippen molar-refractivity contribution < 1.29 is 26.4 Å². The molecule has 0 aliphatic heterocycles. The van der Waals surface area contributed by atoms with Crippen LogP contribution >= 0.6 is 0 Å². The van der Waals surface area contributed by atoms with Gasteiger partial charge in [-0.25, -0.2) is 8.42 Å². The van der Waals surface area contributed by atoms with E-state index in [-0.39, 0.29) is 11.6 Å². The molecule has 0 radical (unpaired) electrons. The van der Waals surface area contributed by atoms with Gasteiger partial charge in [-0.3, -0.25) is 9.52 Å². The molecule has 0 aliphatic carbocycles. The molecule has 0 bridgehead atoms. The van der Waals surface area contributed by atoms with Gasteiger partial charge in [-0.1, -0.05) is 18.2 Å². The average molecular weight is 358 g/mol. The fourth-order valence-electron chi connectivity index (χ4n) is 2.01. The largest absolute Gasteiger partial charge is 0.417 e. The lowest BCUT2D eigenvalue weighted by molar-refractivity contribution is -0.139. The molecule has 0 aromatic heterocycles. The summed E-state index contributed by atoms with van der Waals surface area (Å²) in [6.45, 7) is 1.27. The quantitative estimate of drug-likeness (QED) is 0.879. The lowest BCUT2D eigenvalue weighted by Crippen LogP contribution is -2.19. The molecule has 0 saturated heterocycles. The molecule has 0 unspecified atom stereocenters. The summed E-state index contributed by atoms with van der Waals surface area (Å²) < 4.78 is 65.6. The number of hydrogen-bond acceptors (Lipinski definition) is 3. The molecule has 2 N–H and O–H groups in total. The second-order valence-corrected chi connectivity index (χ2v) is 6.51. The van der Waals surface area contributed by atoms with E-state index in [4.69, 9.17) is 0 Å². The first-order chi connectivity index (χ1) is 11.1. The Morgan fingerprint density at radius 2 is 1.62 bits per heavy atom. The SMILES string of the molecule is CC(=O)Nc1cccc(NS(=O)(=O)c2ccccc2C(F)(F)F)c1. The topological polar surface area (TPSA) is 75.3 Å². The Morgan fingerprint density at radius 3 is 2.25 bits per heavy atom. The number of sulfonamides is 1. The number of nitrogens with one attached hydrogen (secondary N) is 2. The van der Waals surface area contributed by atoms with Crippen molar-refractivity contribution in [2.45, 2.75) is 18.0 Å². The summed E-state index contributed by atoms with van der Waals surface area (Å²) in [5.41, 5.74) is -0.916. The molecule has 128 valence electrons. The van der Waals surface area contributed by atoms with Crippen molar-refractivity contribution in [1.29, 1.82) is 0 Å². The molecule has 0 heterocycles. The van der Waals surface area contributed by atoms with Crippen LogP contribution in [0.4, 0.5) is 24.5 Å². The van der Waals surface area contributed by atoms with Crippen molar-refractivity contribution in [3.63, 3.8) is 0 Å². The predicted octanol–water partition coefficient (Wildman–Crippen LogP) is 3.46. The van der Waals surface area contributed by atoms with Crippen molar-refractivity contribution in [2.24, 2.45) is 0 Å². The van der Waals surface area contributed by atoms with E-state index in [2.05, 4.69) is 10.0 Å². The fourth-order valence-corrected chi connectivity index (χ4v) is 3.29. The highest BCUT2D eigenvalue weighted by Crippen LogP contribution is 2.34. The van der Waals surface area contributed by atoms with Crippen LogP contribution in [0.3, 0.4) is 0 Å². The standard InChI is InChI=1S/C15H13F3N2O3S/c1-10(21)19-11-5-4-6-12(9-11)20-24(22,23)14-8-3-2-7-13(14)15(16,17)18/h2-9,20H,1H3,(H,19,21). The zero-order valence-electron chi connectivity index (χ0n) is 12.4. The number of carbonyl (C=O) groups excluding carboxylic acids is 1. The summed E-state index contributed by atoms with van der Waals surface area (Å²) in [6.07, 6.45) is -4.80. The number of benzene rings is 2. The first kappa shape index (κ1) is 17.8. The third-order valence-corrected chi connectivity index (χ3v) is 4.36. The van der Waals surface area contributed by atoms with Crippen LogP contribution in [-0.2, 0) is 21.0 Å². The molecular formula is C15H13F3N2O3S. The van der Waals surface area contributed by atoms with Gasteiger partial charge in [0, 0.05) is 12.6 Å². The van der Waals surface area contributed by atoms with Crippen LogP contribution in [0.2, 0.25) is 0 Å². The van der Waals surface area contributed by atoms with Crippen molar-refractivity contribution in [3.8, 4) is 0 Å². The van der Waals surface area contributed by atoms with E-state index in [1.54, 1.807) is 0 Å². The Balaban J connectivity index is 2.38. The first-order valence-electron chi connectivity index (χ1n) is 6.66. The van der Waals surface area contributed by atoms with Gasteiger partial charge in [0.05, 0.1) is 16.1 Å². The van der Waals surface area contributed by atoms with Crippen LogP contribution in [0.1, 0.15) is 12.5 Å². The monoisotopic (exact) mass is 358 g/mol. The van der Waals surface area contributed by atoms with Crippen molar-refractivity contribution in [2.75, 3.05) is 10.0 Å². The van der Waals surface area contributed by atoms with E-state index in [9.17, 15) is 26.4 Å². The van der Waals surface area contributed by atoms with Gasteiger partial charge in [-0.2, -0.15) is 13.2 Å². The van der Waals surface area contributed by atoms with Gasteiger partial charge in [0.15, 0.2) is 0 Å². The van der Waals surface area contributed by atoms with Gasteiger partial charge in [-0.05, 0) is 30.3 Å². The summed E-state index contributed by atoms with van der Waals surface area (Å²) in [4.78, 5) is 10.1. The molecule has 0 atom stereocenters.